The van der Waals surface area contributed by atoms with Gasteiger partial charge in [0.25, 0.3) is 0 Å². The molecule has 0 aliphatic carbocycles. The SMILES string of the molecule is CCCNC(N)=NCC(C(C)C)N1CCN(C)CC1.I. The van der Waals surface area contributed by atoms with Gasteiger partial charge < -0.3 is 16.0 Å². The molecule has 6 heteroatoms. The number of hydrogen-bond donors (Lipinski definition) is 2. The largest absolute Gasteiger partial charge is 0.370 e. The zero-order chi connectivity index (χ0) is 14.3. The molecule has 0 radical (unpaired) electrons. The van der Waals surface area contributed by atoms with Crippen LogP contribution in [0.25, 0.3) is 0 Å². The van der Waals surface area contributed by atoms with E-state index < -0.39 is 0 Å². The van der Waals surface area contributed by atoms with E-state index in [0.717, 1.165) is 45.7 Å². The van der Waals surface area contributed by atoms with E-state index in [9.17, 15) is 0 Å². The van der Waals surface area contributed by atoms with Crippen molar-refractivity contribution in [3.05, 3.63) is 0 Å². The van der Waals surface area contributed by atoms with Crippen molar-refractivity contribution in [1.29, 1.82) is 0 Å². The standard InChI is InChI=1S/C14H31N5.HI/c1-5-6-16-14(15)17-11-13(12(2)3)19-9-7-18(4)8-10-19;/h12-13H,5-11H2,1-4H3,(H3,15,16,17);1H. The maximum atomic E-state index is 5.87. The fourth-order valence-corrected chi connectivity index (χ4v) is 2.40. The number of nitrogens with two attached hydrogens (primary N) is 1. The summed E-state index contributed by atoms with van der Waals surface area (Å²) in [6.07, 6.45) is 1.07. The minimum absolute atomic E-state index is 0. The Bertz CT molecular complexity index is 275. The Morgan fingerprint density at radius 3 is 2.35 bits per heavy atom. The number of piperazine rings is 1. The van der Waals surface area contributed by atoms with Crippen LogP contribution in [0.4, 0.5) is 0 Å². The molecule has 0 aromatic heterocycles. The first-order valence-corrected chi connectivity index (χ1v) is 7.51. The summed E-state index contributed by atoms with van der Waals surface area (Å²) in [5.74, 6) is 1.19. The van der Waals surface area contributed by atoms with Gasteiger partial charge in [-0.1, -0.05) is 20.8 Å². The summed E-state index contributed by atoms with van der Waals surface area (Å²) in [5, 5.41) is 3.14. The van der Waals surface area contributed by atoms with Crippen molar-refractivity contribution < 1.29 is 0 Å². The minimum atomic E-state index is 0. The topological polar surface area (TPSA) is 56.9 Å². The van der Waals surface area contributed by atoms with E-state index in [-0.39, 0.29) is 24.0 Å². The van der Waals surface area contributed by atoms with Gasteiger partial charge in [0.1, 0.15) is 0 Å². The highest BCUT2D eigenvalue weighted by Gasteiger charge is 2.24. The number of halogens is 1. The van der Waals surface area contributed by atoms with Crippen LogP contribution in [0.3, 0.4) is 0 Å². The summed E-state index contributed by atoms with van der Waals surface area (Å²) in [5.41, 5.74) is 5.87. The Hall–Kier alpha value is -0.0800. The lowest BCUT2D eigenvalue weighted by Crippen LogP contribution is -2.52. The first-order valence-electron chi connectivity index (χ1n) is 7.51. The molecule has 1 saturated heterocycles. The fourth-order valence-electron chi connectivity index (χ4n) is 2.40. The lowest BCUT2D eigenvalue weighted by molar-refractivity contribution is 0.0925. The van der Waals surface area contributed by atoms with Gasteiger partial charge in [-0.2, -0.15) is 0 Å². The third-order valence-corrected chi connectivity index (χ3v) is 3.78. The highest BCUT2D eigenvalue weighted by molar-refractivity contribution is 14.0. The van der Waals surface area contributed by atoms with Crippen LogP contribution in [0.2, 0.25) is 0 Å². The molecule has 1 fully saturated rings. The molecule has 1 aliphatic rings. The molecule has 1 heterocycles. The Morgan fingerprint density at radius 1 is 1.25 bits per heavy atom. The van der Waals surface area contributed by atoms with Crippen molar-refractivity contribution in [2.75, 3.05) is 46.3 Å². The molecule has 20 heavy (non-hydrogen) atoms. The fraction of sp³-hybridized carbons (Fsp3) is 0.929. The van der Waals surface area contributed by atoms with Crippen molar-refractivity contribution in [3.63, 3.8) is 0 Å². The molecule has 1 aliphatic heterocycles. The van der Waals surface area contributed by atoms with E-state index in [1.807, 2.05) is 0 Å². The van der Waals surface area contributed by atoms with E-state index in [4.69, 9.17) is 5.73 Å². The van der Waals surface area contributed by atoms with Gasteiger partial charge in [0.15, 0.2) is 5.96 Å². The second-order valence-electron chi connectivity index (χ2n) is 5.80. The molecule has 0 bridgehead atoms. The summed E-state index contributed by atoms with van der Waals surface area (Å²) in [6, 6.07) is 0.496. The summed E-state index contributed by atoms with van der Waals surface area (Å²) in [4.78, 5) is 9.45. The third-order valence-electron chi connectivity index (χ3n) is 3.78. The van der Waals surface area contributed by atoms with Gasteiger partial charge in [-0.25, -0.2) is 0 Å². The van der Waals surface area contributed by atoms with Gasteiger partial charge in [0.05, 0.1) is 6.54 Å². The molecular formula is C14H32IN5. The summed E-state index contributed by atoms with van der Waals surface area (Å²) < 4.78 is 0. The quantitative estimate of drug-likeness (QED) is 0.402. The van der Waals surface area contributed by atoms with Crippen LogP contribution in [0, 0.1) is 5.92 Å². The highest BCUT2D eigenvalue weighted by atomic mass is 127. The average Bonchev–Trinajstić information content (AvgIpc) is 2.38. The van der Waals surface area contributed by atoms with Crippen molar-refractivity contribution in [2.45, 2.75) is 33.2 Å². The van der Waals surface area contributed by atoms with Crippen LogP contribution in [0.15, 0.2) is 4.99 Å². The normalized spacial score (nSPS) is 19.8. The number of guanidine groups is 1. The number of nitrogens with one attached hydrogen (secondary N) is 1. The van der Waals surface area contributed by atoms with Crippen LogP contribution >= 0.6 is 24.0 Å². The van der Waals surface area contributed by atoms with Crippen LogP contribution in [-0.2, 0) is 0 Å². The van der Waals surface area contributed by atoms with E-state index in [1.165, 1.54) is 0 Å². The third kappa shape index (κ3) is 7.08. The van der Waals surface area contributed by atoms with Crippen molar-refractivity contribution in [2.24, 2.45) is 16.6 Å². The number of hydrogen-bond acceptors (Lipinski definition) is 3. The van der Waals surface area contributed by atoms with Crippen LogP contribution in [0.1, 0.15) is 27.2 Å². The second kappa shape index (κ2) is 10.6. The van der Waals surface area contributed by atoms with E-state index >= 15 is 0 Å². The zero-order valence-corrected chi connectivity index (χ0v) is 15.8. The zero-order valence-electron chi connectivity index (χ0n) is 13.4. The molecule has 5 nitrogen and oxygen atoms in total. The highest BCUT2D eigenvalue weighted by Crippen LogP contribution is 2.13. The van der Waals surface area contributed by atoms with Crippen LogP contribution < -0.4 is 11.1 Å². The summed E-state index contributed by atoms with van der Waals surface area (Å²) in [6.45, 7) is 12.9. The van der Waals surface area contributed by atoms with Crippen molar-refractivity contribution >= 4 is 29.9 Å². The van der Waals surface area contributed by atoms with Gasteiger partial charge in [-0.05, 0) is 19.4 Å². The monoisotopic (exact) mass is 397 g/mol. The molecule has 0 amide bonds. The van der Waals surface area contributed by atoms with Gasteiger partial charge in [0, 0.05) is 38.8 Å². The molecule has 3 N–H and O–H groups in total. The maximum absolute atomic E-state index is 5.87. The van der Waals surface area contributed by atoms with Crippen molar-refractivity contribution in [1.82, 2.24) is 15.1 Å². The Balaban J connectivity index is 0.00000361. The predicted octanol–water partition coefficient (Wildman–Crippen LogP) is 1.19. The lowest BCUT2D eigenvalue weighted by atomic mass is 10.0. The summed E-state index contributed by atoms with van der Waals surface area (Å²) >= 11 is 0. The molecule has 1 rings (SSSR count). The molecule has 1 atom stereocenters. The minimum Gasteiger partial charge on any atom is -0.370 e. The number of nitrogens with zero attached hydrogens (tertiary/aromatic N) is 3. The Kier molecular flexibility index (Phi) is 10.6. The Labute approximate surface area is 141 Å². The van der Waals surface area contributed by atoms with E-state index in [1.54, 1.807) is 0 Å². The molecule has 0 aromatic rings. The maximum Gasteiger partial charge on any atom is 0.188 e. The predicted molar refractivity (Wildman–Crippen MR) is 97.9 cm³/mol. The first kappa shape index (κ1) is 19.9. The second-order valence-corrected chi connectivity index (χ2v) is 5.80. The van der Waals surface area contributed by atoms with Crippen LogP contribution in [0.5, 0.6) is 0 Å². The first-order chi connectivity index (χ1) is 9.04. The molecule has 120 valence electrons. The molecule has 0 saturated carbocycles. The van der Waals surface area contributed by atoms with Gasteiger partial charge in [-0.3, -0.25) is 9.89 Å². The molecule has 0 aromatic carbocycles. The number of aliphatic imine (C=N–C) groups is 1. The average molecular weight is 397 g/mol. The van der Waals surface area contributed by atoms with Crippen molar-refractivity contribution in [3.8, 4) is 0 Å². The molecular weight excluding hydrogens is 365 g/mol. The van der Waals surface area contributed by atoms with Gasteiger partial charge in [-0.15, -0.1) is 24.0 Å². The molecule has 0 spiro atoms. The number of likely N-dealkylation sites (N-methyl/N-ethyl adjacent to an activating group) is 1. The van der Waals surface area contributed by atoms with Gasteiger partial charge in [0.2, 0.25) is 0 Å². The van der Waals surface area contributed by atoms with E-state index in [2.05, 4.69) is 47.9 Å². The Morgan fingerprint density at radius 2 is 1.85 bits per heavy atom. The lowest BCUT2D eigenvalue weighted by Gasteiger charge is -2.39. The van der Waals surface area contributed by atoms with E-state index in [0.29, 0.717) is 17.9 Å². The van der Waals surface area contributed by atoms with Gasteiger partial charge >= 0.3 is 0 Å². The smallest absolute Gasteiger partial charge is 0.188 e. The molecule has 1 unspecified atom stereocenters. The van der Waals surface area contributed by atoms with Crippen LogP contribution in [-0.4, -0.2) is 68.1 Å². The number of rotatable bonds is 6. The summed E-state index contributed by atoms with van der Waals surface area (Å²) in [7, 11) is 2.19.